The lowest BCUT2D eigenvalue weighted by Gasteiger charge is -2.09. The highest BCUT2D eigenvalue weighted by Gasteiger charge is 2.01. The smallest absolute Gasteiger partial charge is 0.0522 e. The topological polar surface area (TPSA) is 29.9 Å². The molecule has 1 aromatic heterocycles. The molecule has 0 amide bonds. The van der Waals surface area contributed by atoms with Crippen LogP contribution in [0.5, 0.6) is 0 Å². The van der Waals surface area contributed by atoms with Crippen LogP contribution in [0.1, 0.15) is 11.1 Å². The Kier molecular flexibility index (Phi) is 3.84. The van der Waals surface area contributed by atoms with E-state index in [1.165, 1.54) is 16.8 Å². The molecule has 1 aromatic carbocycles. The quantitative estimate of drug-likeness (QED) is 0.939. The molecule has 0 fully saturated rings. The van der Waals surface area contributed by atoms with Crippen molar-refractivity contribution in [2.24, 2.45) is 7.05 Å². The van der Waals surface area contributed by atoms with E-state index < -0.39 is 0 Å². The monoisotopic (exact) mass is 293 g/mol. The zero-order chi connectivity index (χ0) is 12.3. The molecule has 0 bridgehead atoms. The van der Waals surface area contributed by atoms with Crippen LogP contribution in [0.15, 0.2) is 35.1 Å². The highest BCUT2D eigenvalue weighted by atomic mass is 79.9. The van der Waals surface area contributed by atoms with E-state index in [1.54, 1.807) is 0 Å². The SMILES string of the molecule is Cc1c(Br)cccc1NCCc1cnn(C)c1. The molecule has 17 heavy (non-hydrogen) atoms. The first-order chi connectivity index (χ1) is 8.16. The lowest BCUT2D eigenvalue weighted by Crippen LogP contribution is -2.05. The predicted molar refractivity (Wildman–Crippen MR) is 74.3 cm³/mol. The van der Waals surface area contributed by atoms with Crippen LogP contribution >= 0.6 is 15.9 Å². The van der Waals surface area contributed by atoms with Gasteiger partial charge in [0.15, 0.2) is 0 Å². The van der Waals surface area contributed by atoms with E-state index in [4.69, 9.17) is 0 Å². The zero-order valence-electron chi connectivity index (χ0n) is 10.1. The molecule has 0 aliphatic carbocycles. The average molecular weight is 294 g/mol. The molecule has 0 unspecified atom stereocenters. The second-order valence-corrected chi connectivity index (χ2v) is 4.97. The lowest BCUT2D eigenvalue weighted by atomic mass is 10.2. The van der Waals surface area contributed by atoms with Crippen LogP contribution < -0.4 is 5.32 Å². The van der Waals surface area contributed by atoms with E-state index in [9.17, 15) is 0 Å². The molecule has 4 heteroatoms. The lowest BCUT2D eigenvalue weighted by molar-refractivity contribution is 0.767. The molecule has 0 saturated carbocycles. The first kappa shape index (κ1) is 12.2. The van der Waals surface area contributed by atoms with Gasteiger partial charge in [0.1, 0.15) is 0 Å². The van der Waals surface area contributed by atoms with Gasteiger partial charge in [0.05, 0.1) is 6.20 Å². The minimum absolute atomic E-state index is 0.920. The fraction of sp³-hybridized carbons (Fsp3) is 0.308. The van der Waals surface area contributed by atoms with E-state index in [2.05, 4.69) is 51.6 Å². The van der Waals surface area contributed by atoms with Crippen molar-refractivity contribution in [3.63, 3.8) is 0 Å². The number of halogens is 1. The number of hydrogen-bond acceptors (Lipinski definition) is 2. The van der Waals surface area contributed by atoms with Gasteiger partial charge in [-0.15, -0.1) is 0 Å². The summed E-state index contributed by atoms with van der Waals surface area (Å²) in [6, 6.07) is 6.20. The number of benzene rings is 1. The Hall–Kier alpha value is -1.29. The molecule has 1 heterocycles. The van der Waals surface area contributed by atoms with Crippen molar-refractivity contribution in [2.75, 3.05) is 11.9 Å². The fourth-order valence-electron chi connectivity index (χ4n) is 1.74. The fourth-order valence-corrected chi connectivity index (χ4v) is 2.11. The van der Waals surface area contributed by atoms with E-state index in [0.717, 1.165) is 17.4 Å². The molecule has 0 aliphatic heterocycles. The van der Waals surface area contributed by atoms with Crippen molar-refractivity contribution in [3.05, 3.63) is 46.2 Å². The number of aromatic nitrogens is 2. The average Bonchev–Trinajstić information content (AvgIpc) is 2.70. The number of aryl methyl sites for hydroxylation is 1. The molecule has 3 nitrogen and oxygen atoms in total. The molecule has 2 rings (SSSR count). The molecule has 0 radical (unpaired) electrons. The molecule has 0 spiro atoms. The number of anilines is 1. The van der Waals surface area contributed by atoms with Gasteiger partial charge in [0.2, 0.25) is 0 Å². The third-order valence-electron chi connectivity index (χ3n) is 2.76. The number of rotatable bonds is 4. The van der Waals surface area contributed by atoms with Crippen LogP contribution in [-0.4, -0.2) is 16.3 Å². The van der Waals surface area contributed by atoms with E-state index in [0.29, 0.717) is 0 Å². The third-order valence-corrected chi connectivity index (χ3v) is 3.61. The molecule has 0 saturated heterocycles. The summed E-state index contributed by atoms with van der Waals surface area (Å²) in [5.41, 5.74) is 3.69. The largest absolute Gasteiger partial charge is 0.384 e. The van der Waals surface area contributed by atoms with Crippen molar-refractivity contribution >= 4 is 21.6 Å². The van der Waals surface area contributed by atoms with Crippen LogP contribution in [0, 0.1) is 6.92 Å². The predicted octanol–water partition coefficient (Wildman–Crippen LogP) is 3.15. The maximum atomic E-state index is 4.16. The summed E-state index contributed by atoms with van der Waals surface area (Å²) in [6.45, 7) is 3.03. The molecule has 1 N–H and O–H groups in total. The third kappa shape index (κ3) is 3.09. The molecule has 90 valence electrons. The summed E-state index contributed by atoms with van der Waals surface area (Å²) in [4.78, 5) is 0. The summed E-state index contributed by atoms with van der Waals surface area (Å²) in [5, 5.41) is 7.60. The zero-order valence-corrected chi connectivity index (χ0v) is 11.7. The van der Waals surface area contributed by atoms with Crippen LogP contribution in [0.4, 0.5) is 5.69 Å². The van der Waals surface area contributed by atoms with Crippen molar-refractivity contribution in [2.45, 2.75) is 13.3 Å². The van der Waals surface area contributed by atoms with Gasteiger partial charge in [0, 0.05) is 29.9 Å². The Morgan fingerprint density at radius 2 is 2.24 bits per heavy atom. The summed E-state index contributed by atoms with van der Waals surface area (Å²) in [5.74, 6) is 0. The maximum Gasteiger partial charge on any atom is 0.0522 e. The molecule has 2 aromatic rings. The van der Waals surface area contributed by atoms with Crippen molar-refractivity contribution in [1.29, 1.82) is 0 Å². The van der Waals surface area contributed by atoms with E-state index in [1.807, 2.05) is 24.0 Å². The van der Waals surface area contributed by atoms with Crippen molar-refractivity contribution in [3.8, 4) is 0 Å². The highest BCUT2D eigenvalue weighted by Crippen LogP contribution is 2.23. The van der Waals surface area contributed by atoms with Crippen LogP contribution in [-0.2, 0) is 13.5 Å². The van der Waals surface area contributed by atoms with Gasteiger partial charge in [-0.2, -0.15) is 5.10 Å². The number of hydrogen-bond donors (Lipinski definition) is 1. The molecule has 0 aliphatic rings. The van der Waals surface area contributed by atoms with E-state index in [-0.39, 0.29) is 0 Å². The molecule has 0 atom stereocenters. The summed E-state index contributed by atoms with van der Waals surface area (Å²) in [7, 11) is 1.94. The van der Waals surface area contributed by atoms with Crippen molar-refractivity contribution < 1.29 is 0 Å². The normalized spacial score (nSPS) is 10.5. The molecular formula is C13H16BrN3. The Bertz CT molecular complexity index is 505. The molecular weight excluding hydrogens is 278 g/mol. The number of nitrogens with one attached hydrogen (secondary N) is 1. The Morgan fingerprint density at radius 3 is 2.94 bits per heavy atom. The summed E-state index contributed by atoms with van der Waals surface area (Å²) < 4.78 is 2.98. The highest BCUT2D eigenvalue weighted by molar-refractivity contribution is 9.10. The first-order valence-corrected chi connectivity index (χ1v) is 6.42. The van der Waals surface area contributed by atoms with Crippen LogP contribution in [0.25, 0.3) is 0 Å². The maximum absolute atomic E-state index is 4.16. The van der Waals surface area contributed by atoms with Gasteiger partial charge in [-0.3, -0.25) is 4.68 Å². The van der Waals surface area contributed by atoms with Gasteiger partial charge in [-0.1, -0.05) is 22.0 Å². The Balaban J connectivity index is 1.92. The van der Waals surface area contributed by atoms with Gasteiger partial charge >= 0.3 is 0 Å². The Morgan fingerprint density at radius 1 is 1.41 bits per heavy atom. The Labute approximate surface area is 110 Å². The first-order valence-electron chi connectivity index (χ1n) is 5.63. The van der Waals surface area contributed by atoms with Gasteiger partial charge in [-0.05, 0) is 36.6 Å². The second-order valence-electron chi connectivity index (χ2n) is 4.11. The number of nitrogens with zero attached hydrogens (tertiary/aromatic N) is 2. The minimum atomic E-state index is 0.920. The standard InChI is InChI=1S/C13H16BrN3/c1-10-12(14)4-3-5-13(10)15-7-6-11-8-16-17(2)9-11/h3-5,8-9,15H,6-7H2,1-2H3. The van der Waals surface area contributed by atoms with Gasteiger partial charge in [-0.25, -0.2) is 0 Å². The van der Waals surface area contributed by atoms with E-state index >= 15 is 0 Å². The van der Waals surface area contributed by atoms with Crippen molar-refractivity contribution in [1.82, 2.24) is 9.78 Å². The summed E-state index contributed by atoms with van der Waals surface area (Å²) in [6.07, 6.45) is 4.95. The summed E-state index contributed by atoms with van der Waals surface area (Å²) >= 11 is 3.53. The second kappa shape index (κ2) is 5.36. The minimum Gasteiger partial charge on any atom is -0.384 e. The van der Waals surface area contributed by atoms with Crippen LogP contribution in [0.3, 0.4) is 0 Å². The van der Waals surface area contributed by atoms with Gasteiger partial charge in [0.25, 0.3) is 0 Å². The van der Waals surface area contributed by atoms with Gasteiger partial charge < -0.3 is 5.32 Å². The van der Waals surface area contributed by atoms with Crippen LogP contribution in [0.2, 0.25) is 0 Å².